The third-order valence-corrected chi connectivity index (χ3v) is 2.31. The van der Waals surface area contributed by atoms with Crippen molar-refractivity contribution in [1.29, 1.82) is 0 Å². The van der Waals surface area contributed by atoms with Crippen molar-refractivity contribution in [2.75, 3.05) is 32.1 Å². The molecule has 0 aliphatic heterocycles. The molecule has 16 heavy (non-hydrogen) atoms. The highest BCUT2D eigenvalue weighted by atomic mass is 16.3. The van der Waals surface area contributed by atoms with Crippen molar-refractivity contribution in [3.05, 3.63) is 24.0 Å². The fourth-order valence-corrected chi connectivity index (χ4v) is 1.47. The van der Waals surface area contributed by atoms with E-state index in [1.807, 2.05) is 24.2 Å². The summed E-state index contributed by atoms with van der Waals surface area (Å²) >= 11 is 0. The van der Waals surface area contributed by atoms with Gasteiger partial charge in [0.05, 0.1) is 12.3 Å². The topological polar surface area (TPSA) is 48.4 Å². The molecule has 1 aromatic heterocycles. The molecule has 0 saturated carbocycles. The molecule has 0 spiro atoms. The number of anilines is 1. The van der Waals surface area contributed by atoms with Crippen molar-refractivity contribution in [3.8, 4) is 0 Å². The molecule has 0 fully saturated rings. The van der Waals surface area contributed by atoms with E-state index >= 15 is 0 Å². The smallest absolute Gasteiger partial charge is 0.0564 e. The van der Waals surface area contributed by atoms with Crippen LogP contribution in [0.1, 0.15) is 19.0 Å². The molecule has 90 valence electrons. The lowest BCUT2D eigenvalue weighted by Crippen LogP contribution is -2.22. The number of pyridine rings is 1. The maximum Gasteiger partial charge on any atom is 0.0564 e. The summed E-state index contributed by atoms with van der Waals surface area (Å²) in [5.74, 6) is 0. The van der Waals surface area contributed by atoms with Crippen LogP contribution in [0, 0.1) is 0 Å². The molecule has 1 heterocycles. The number of likely N-dealkylation sites (N-methyl/N-ethyl adjacent to an activating group) is 1. The molecule has 4 heteroatoms. The Hall–Kier alpha value is -1.13. The first kappa shape index (κ1) is 12.9. The minimum absolute atomic E-state index is 0.185. The van der Waals surface area contributed by atoms with Crippen LogP contribution in [0.4, 0.5) is 5.69 Å². The Bertz CT molecular complexity index is 304. The van der Waals surface area contributed by atoms with Crippen molar-refractivity contribution >= 4 is 5.69 Å². The molecule has 2 N–H and O–H groups in total. The Kier molecular flexibility index (Phi) is 5.82. The van der Waals surface area contributed by atoms with Crippen LogP contribution < -0.4 is 5.32 Å². The Morgan fingerprint density at radius 1 is 1.50 bits per heavy atom. The average Bonchev–Trinajstić information content (AvgIpc) is 2.27. The lowest BCUT2D eigenvalue weighted by atomic mass is 10.3. The largest absolute Gasteiger partial charge is 0.395 e. The molecule has 0 atom stereocenters. The zero-order chi connectivity index (χ0) is 11.8. The molecule has 0 saturated heterocycles. The Labute approximate surface area is 97.3 Å². The van der Waals surface area contributed by atoms with Gasteiger partial charge in [-0.05, 0) is 25.6 Å². The highest BCUT2D eigenvalue weighted by Gasteiger charge is 2.01. The maximum absolute atomic E-state index is 8.81. The van der Waals surface area contributed by atoms with Gasteiger partial charge in [0.25, 0.3) is 0 Å². The van der Waals surface area contributed by atoms with Crippen molar-refractivity contribution < 1.29 is 5.11 Å². The first-order chi connectivity index (χ1) is 7.76. The van der Waals surface area contributed by atoms with E-state index < -0.39 is 0 Å². The van der Waals surface area contributed by atoms with E-state index in [4.69, 9.17) is 5.11 Å². The van der Waals surface area contributed by atoms with Gasteiger partial charge in [-0.2, -0.15) is 0 Å². The third kappa shape index (κ3) is 4.59. The number of aliphatic hydroxyl groups is 1. The zero-order valence-electron chi connectivity index (χ0n) is 10.1. The summed E-state index contributed by atoms with van der Waals surface area (Å²) in [5.41, 5.74) is 2.14. The predicted octanol–water partition coefficient (Wildman–Crippen LogP) is 1.33. The second-order valence-corrected chi connectivity index (χ2v) is 3.92. The second kappa shape index (κ2) is 7.19. The summed E-state index contributed by atoms with van der Waals surface area (Å²) in [7, 11) is 1.98. The van der Waals surface area contributed by atoms with Crippen LogP contribution in [0.3, 0.4) is 0 Å². The monoisotopic (exact) mass is 223 g/mol. The molecule has 0 amide bonds. The van der Waals surface area contributed by atoms with Gasteiger partial charge in [-0.3, -0.25) is 9.88 Å². The number of nitrogens with one attached hydrogen (secondary N) is 1. The maximum atomic E-state index is 8.81. The molecule has 0 bridgehead atoms. The molecule has 1 aromatic rings. The normalized spacial score (nSPS) is 10.8. The van der Waals surface area contributed by atoms with Gasteiger partial charge < -0.3 is 10.4 Å². The summed E-state index contributed by atoms with van der Waals surface area (Å²) in [4.78, 5) is 6.35. The summed E-state index contributed by atoms with van der Waals surface area (Å²) in [5, 5.41) is 12.1. The van der Waals surface area contributed by atoms with Gasteiger partial charge in [-0.25, -0.2) is 0 Å². The van der Waals surface area contributed by atoms with Crippen LogP contribution in [0.25, 0.3) is 0 Å². The van der Waals surface area contributed by atoms with Gasteiger partial charge >= 0.3 is 0 Å². The molecule has 0 unspecified atom stereocenters. The van der Waals surface area contributed by atoms with E-state index in [9.17, 15) is 0 Å². The number of aliphatic hydroxyl groups excluding tert-OH is 1. The van der Waals surface area contributed by atoms with Gasteiger partial charge in [0.1, 0.15) is 0 Å². The number of hydrogen-bond donors (Lipinski definition) is 2. The van der Waals surface area contributed by atoms with E-state index in [1.165, 1.54) is 0 Å². The van der Waals surface area contributed by atoms with E-state index in [0.717, 1.165) is 30.9 Å². The number of nitrogens with zero attached hydrogens (tertiary/aromatic N) is 2. The minimum Gasteiger partial charge on any atom is -0.395 e. The van der Waals surface area contributed by atoms with Gasteiger partial charge in [0.2, 0.25) is 0 Å². The van der Waals surface area contributed by atoms with E-state index in [0.29, 0.717) is 6.54 Å². The Morgan fingerprint density at radius 2 is 2.31 bits per heavy atom. The first-order valence-corrected chi connectivity index (χ1v) is 5.74. The van der Waals surface area contributed by atoms with Crippen LogP contribution in [0.15, 0.2) is 18.3 Å². The molecule has 4 nitrogen and oxygen atoms in total. The second-order valence-electron chi connectivity index (χ2n) is 3.92. The molecule has 0 aliphatic carbocycles. The quantitative estimate of drug-likeness (QED) is 0.732. The predicted molar refractivity (Wildman–Crippen MR) is 66.4 cm³/mol. The van der Waals surface area contributed by atoms with Gasteiger partial charge in [0.15, 0.2) is 0 Å². The highest BCUT2D eigenvalue weighted by molar-refractivity contribution is 5.43. The van der Waals surface area contributed by atoms with Gasteiger partial charge in [-0.1, -0.05) is 6.92 Å². The molecule has 0 aliphatic rings. The highest BCUT2D eigenvalue weighted by Crippen LogP contribution is 2.09. The summed E-state index contributed by atoms with van der Waals surface area (Å²) in [6, 6.07) is 4.04. The third-order valence-electron chi connectivity index (χ3n) is 2.31. The average molecular weight is 223 g/mol. The summed E-state index contributed by atoms with van der Waals surface area (Å²) in [6.07, 6.45) is 2.93. The van der Waals surface area contributed by atoms with Gasteiger partial charge in [0, 0.05) is 31.5 Å². The van der Waals surface area contributed by atoms with Crippen molar-refractivity contribution in [3.63, 3.8) is 0 Å². The molecule has 0 radical (unpaired) electrons. The van der Waals surface area contributed by atoms with Crippen molar-refractivity contribution in [1.82, 2.24) is 9.88 Å². The van der Waals surface area contributed by atoms with Gasteiger partial charge in [-0.15, -0.1) is 0 Å². The van der Waals surface area contributed by atoms with Crippen molar-refractivity contribution in [2.45, 2.75) is 19.9 Å². The fourth-order valence-electron chi connectivity index (χ4n) is 1.47. The molecular weight excluding hydrogens is 202 g/mol. The van der Waals surface area contributed by atoms with E-state index in [-0.39, 0.29) is 6.61 Å². The summed E-state index contributed by atoms with van der Waals surface area (Å²) < 4.78 is 0. The standard InChI is InChI=1S/C12H21N3O/c1-3-5-13-11-4-6-14-12(9-11)10-15(2)7-8-16/h4,6,9,16H,3,5,7-8,10H2,1-2H3,(H,13,14). The van der Waals surface area contributed by atoms with Crippen LogP contribution in [-0.4, -0.2) is 41.7 Å². The number of rotatable bonds is 7. The van der Waals surface area contributed by atoms with Crippen molar-refractivity contribution in [2.24, 2.45) is 0 Å². The van der Waals surface area contributed by atoms with E-state index in [1.54, 1.807) is 0 Å². The van der Waals surface area contributed by atoms with Crippen LogP contribution >= 0.6 is 0 Å². The van der Waals surface area contributed by atoms with Crippen LogP contribution in [0.2, 0.25) is 0 Å². The lowest BCUT2D eigenvalue weighted by Gasteiger charge is -2.15. The minimum atomic E-state index is 0.185. The zero-order valence-corrected chi connectivity index (χ0v) is 10.1. The Balaban J connectivity index is 2.52. The van der Waals surface area contributed by atoms with E-state index in [2.05, 4.69) is 23.3 Å². The fraction of sp³-hybridized carbons (Fsp3) is 0.583. The number of hydrogen-bond acceptors (Lipinski definition) is 4. The molecular formula is C12H21N3O. The van der Waals surface area contributed by atoms with Crippen LogP contribution in [-0.2, 0) is 6.54 Å². The lowest BCUT2D eigenvalue weighted by molar-refractivity contribution is 0.216. The van der Waals surface area contributed by atoms with Crippen LogP contribution in [0.5, 0.6) is 0 Å². The SMILES string of the molecule is CCCNc1ccnc(CN(C)CCO)c1. The Morgan fingerprint density at radius 3 is 3.00 bits per heavy atom. The summed E-state index contributed by atoms with van der Waals surface area (Å²) in [6.45, 7) is 4.75. The number of aromatic nitrogens is 1. The first-order valence-electron chi connectivity index (χ1n) is 5.74. The molecule has 0 aromatic carbocycles. The molecule has 1 rings (SSSR count).